The maximum absolute atomic E-state index is 11.1. The van der Waals surface area contributed by atoms with Gasteiger partial charge in [0.05, 0.1) is 17.9 Å². The number of ketones is 1. The molecule has 0 bridgehead atoms. The molecule has 0 spiro atoms. The van der Waals surface area contributed by atoms with E-state index in [1.807, 2.05) is 13.8 Å². The van der Waals surface area contributed by atoms with Crippen molar-refractivity contribution in [3.63, 3.8) is 0 Å². The lowest BCUT2D eigenvalue weighted by Crippen LogP contribution is -2.08. The third kappa shape index (κ3) is 3.76. The molecule has 0 aliphatic carbocycles. The van der Waals surface area contributed by atoms with Gasteiger partial charge < -0.3 is 0 Å². The van der Waals surface area contributed by atoms with Crippen LogP contribution in [-0.2, 0) is 0 Å². The first kappa shape index (κ1) is 14.0. The quantitative estimate of drug-likeness (QED) is 0.439. The normalized spacial score (nSPS) is 12.4. The standard InChI is InChI=1S/C13H18N4O/c1-5-10(3)15-16-17(6-2)12-7-8-13(11(4)18)14-9-12/h6-10H,2,5H2,1,3-4H3. The van der Waals surface area contributed by atoms with Crippen LogP contribution in [0.5, 0.6) is 0 Å². The summed E-state index contributed by atoms with van der Waals surface area (Å²) in [7, 11) is 0. The van der Waals surface area contributed by atoms with E-state index in [-0.39, 0.29) is 11.8 Å². The summed E-state index contributed by atoms with van der Waals surface area (Å²) in [4.78, 5) is 15.2. The van der Waals surface area contributed by atoms with Crippen molar-refractivity contribution in [2.45, 2.75) is 33.2 Å². The average Bonchev–Trinajstić information content (AvgIpc) is 2.39. The molecule has 0 aliphatic rings. The fourth-order valence-corrected chi connectivity index (χ4v) is 1.15. The van der Waals surface area contributed by atoms with Crippen molar-refractivity contribution < 1.29 is 4.79 Å². The van der Waals surface area contributed by atoms with Gasteiger partial charge in [0.2, 0.25) is 0 Å². The van der Waals surface area contributed by atoms with Gasteiger partial charge in [0.1, 0.15) is 5.69 Å². The second-order valence-electron chi connectivity index (χ2n) is 3.95. The van der Waals surface area contributed by atoms with Crippen molar-refractivity contribution in [3.8, 4) is 0 Å². The van der Waals surface area contributed by atoms with Crippen LogP contribution in [0.2, 0.25) is 0 Å². The first-order valence-corrected chi connectivity index (χ1v) is 5.88. The molecule has 96 valence electrons. The topological polar surface area (TPSA) is 57.9 Å². The van der Waals surface area contributed by atoms with Gasteiger partial charge in [0.25, 0.3) is 0 Å². The van der Waals surface area contributed by atoms with E-state index in [0.29, 0.717) is 5.69 Å². The van der Waals surface area contributed by atoms with Crippen molar-refractivity contribution in [2.24, 2.45) is 10.3 Å². The van der Waals surface area contributed by atoms with Crippen LogP contribution in [0.3, 0.4) is 0 Å². The minimum absolute atomic E-state index is 0.0621. The van der Waals surface area contributed by atoms with E-state index in [1.165, 1.54) is 11.9 Å². The molecule has 1 rings (SSSR count). The maximum Gasteiger partial charge on any atom is 0.178 e. The molecular formula is C13H18N4O. The number of nitrogens with zero attached hydrogens (tertiary/aromatic N) is 4. The third-order valence-electron chi connectivity index (χ3n) is 2.48. The number of anilines is 1. The predicted molar refractivity (Wildman–Crippen MR) is 71.5 cm³/mol. The van der Waals surface area contributed by atoms with Crippen LogP contribution in [0.4, 0.5) is 5.69 Å². The summed E-state index contributed by atoms with van der Waals surface area (Å²) in [6.07, 6.45) is 4.06. The van der Waals surface area contributed by atoms with Crippen molar-refractivity contribution >= 4 is 11.5 Å². The Morgan fingerprint density at radius 2 is 2.33 bits per heavy atom. The molecule has 0 fully saturated rings. The molecular weight excluding hydrogens is 228 g/mol. The van der Waals surface area contributed by atoms with Gasteiger partial charge in [-0.05, 0) is 25.5 Å². The van der Waals surface area contributed by atoms with Gasteiger partial charge >= 0.3 is 0 Å². The van der Waals surface area contributed by atoms with Crippen LogP contribution in [0.15, 0.2) is 41.4 Å². The number of rotatable bonds is 6. The van der Waals surface area contributed by atoms with Crippen LogP contribution in [-0.4, -0.2) is 16.8 Å². The van der Waals surface area contributed by atoms with Crippen LogP contribution in [0.25, 0.3) is 0 Å². The fraction of sp³-hybridized carbons (Fsp3) is 0.385. The highest BCUT2D eigenvalue weighted by Crippen LogP contribution is 2.15. The molecule has 1 heterocycles. The summed E-state index contributed by atoms with van der Waals surface area (Å²) in [6, 6.07) is 3.59. The smallest absolute Gasteiger partial charge is 0.178 e. The third-order valence-corrected chi connectivity index (χ3v) is 2.48. The van der Waals surface area contributed by atoms with Gasteiger partial charge in [-0.3, -0.25) is 9.78 Å². The highest BCUT2D eigenvalue weighted by atomic mass is 16.1. The van der Waals surface area contributed by atoms with Gasteiger partial charge in [0.15, 0.2) is 5.78 Å². The number of carbonyl (C=O) groups excluding carboxylic acids is 1. The SMILES string of the molecule is C=CN(N=NC(C)CC)c1ccc(C(C)=O)nc1. The number of aromatic nitrogens is 1. The van der Waals surface area contributed by atoms with E-state index < -0.39 is 0 Å². The average molecular weight is 246 g/mol. The van der Waals surface area contributed by atoms with Crippen molar-refractivity contribution in [1.29, 1.82) is 0 Å². The molecule has 0 radical (unpaired) electrons. The Balaban J connectivity index is 2.85. The van der Waals surface area contributed by atoms with Crippen molar-refractivity contribution in [3.05, 3.63) is 36.8 Å². The molecule has 0 N–H and O–H groups in total. The Labute approximate surface area is 107 Å². The Hall–Kier alpha value is -2.04. The molecule has 1 unspecified atom stereocenters. The molecule has 0 aliphatic heterocycles. The lowest BCUT2D eigenvalue weighted by Gasteiger charge is -2.12. The molecule has 0 saturated carbocycles. The summed E-state index contributed by atoms with van der Waals surface area (Å²) in [6.45, 7) is 9.19. The first-order chi connectivity index (χ1) is 8.58. The molecule has 1 aromatic heterocycles. The van der Waals surface area contributed by atoms with Crippen molar-refractivity contribution in [1.82, 2.24) is 4.98 Å². The minimum atomic E-state index is -0.0621. The number of carbonyl (C=O) groups is 1. The predicted octanol–water partition coefficient (Wildman–Crippen LogP) is 3.40. The van der Waals surface area contributed by atoms with Crippen LogP contribution >= 0.6 is 0 Å². The summed E-state index contributed by atoms with van der Waals surface area (Å²) in [5.74, 6) is -0.0621. The lowest BCUT2D eigenvalue weighted by atomic mass is 10.2. The van der Waals surface area contributed by atoms with Gasteiger partial charge in [-0.1, -0.05) is 18.7 Å². The van der Waals surface area contributed by atoms with Crippen LogP contribution in [0.1, 0.15) is 37.7 Å². The minimum Gasteiger partial charge on any atom is -0.293 e. The number of hydrogen-bond donors (Lipinski definition) is 0. The van der Waals surface area contributed by atoms with Crippen LogP contribution in [0, 0.1) is 0 Å². The van der Waals surface area contributed by atoms with E-state index in [1.54, 1.807) is 24.5 Å². The molecule has 0 saturated heterocycles. The van der Waals surface area contributed by atoms with E-state index in [4.69, 9.17) is 0 Å². The molecule has 1 atom stereocenters. The molecule has 5 nitrogen and oxygen atoms in total. The zero-order valence-corrected chi connectivity index (χ0v) is 11.0. The van der Waals surface area contributed by atoms with Gasteiger partial charge in [-0.2, -0.15) is 5.11 Å². The van der Waals surface area contributed by atoms with Gasteiger partial charge in [-0.25, -0.2) is 5.01 Å². The molecule has 5 heteroatoms. The fourth-order valence-electron chi connectivity index (χ4n) is 1.15. The maximum atomic E-state index is 11.1. The lowest BCUT2D eigenvalue weighted by molar-refractivity contribution is 0.101. The highest BCUT2D eigenvalue weighted by Gasteiger charge is 2.05. The Bertz CT molecular complexity index is 439. The summed E-state index contributed by atoms with van der Waals surface area (Å²) in [5.41, 5.74) is 1.16. The summed E-state index contributed by atoms with van der Waals surface area (Å²) in [5, 5.41) is 9.74. The monoisotopic (exact) mass is 246 g/mol. The molecule has 1 aromatic rings. The first-order valence-electron chi connectivity index (χ1n) is 5.88. The second kappa shape index (κ2) is 6.64. The number of hydrogen-bond acceptors (Lipinski definition) is 4. The highest BCUT2D eigenvalue weighted by molar-refractivity contribution is 5.92. The number of pyridine rings is 1. The zero-order chi connectivity index (χ0) is 13.5. The van der Waals surface area contributed by atoms with Crippen molar-refractivity contribution in [2.75, 3.05) is 5.01 Å². The van der Waals surface area contributed by atoms with E-state index >= 15 is 0 Å². The van der Waals surface area contributed by atoms with E-state index in [9.17, 15) is 4.79 Å². The largest absolute Gasteiger partial charge is 0.293 e. The molecule has 0 aromatic carbocycles. The van der Waals surface area contributed by atoms with Gasteiger partial charge in [-0.15, -0.1) is 0 Å². The van der Waals surface area contributed by atoms with E-state index in [0.717, 1.165) is 12.1 Å². The van der Waals surface area contributed by atoms with Crippen LogP contribution < -0.4 is 5.01 Å². The summed E-state index contributed by atoms with van der Waals surface area (Å²) < 4.78 is 0. The Morgan fingerprint density at radius 1 is 1.61 bits per heavy atom. The molecule has 0 amide bonds. The summed E-state index contributed by atoms with van der Waals surface area (Å²) >= 11 is 0. The van der Waals surface area contributed by atoms with Gasteiger partial charge in [0, 0.05) is 13.1 Å². The molecule has 18 heavy (non-hydrogen) atoms. The zero-order valence-electron chi connectivity index (χ0n) is 11.0. The second-order valence-corrected chi connectivity index (χ2v) is 3.95. The Morgan fingerprint density at radius 3 is 2.78 bits per heavy atom. The number of Topliss-reactive ketones (excluding diaryl/α,β-unsaturated/α-hetero) is 1. The Kier molecular flexibility index (Phi) is 5.17. The van der Waals surface area contributed by atoms with E-state index in [2.05, 4.69) is 21.9 Å².